The Hall–Kier alpha value is -4.95. The number of carbonyl (C=O) groups excluding carboxylic acids is 3. The van der Waals surface area contributed by atoms with E-state index in [2.05, 4.69) is 35.8 Å². The van der Waals surface area contributed by atoms with Gasteiger partial charge in [-0.3, -0.25) is 14.4 Å². The summed E-state index contributed by atoms with van der Waals surface area (Å²) in [5.74, 6) is -2.70. The Morgan fingerprint density at radius 2 is 1.56 bits per heavy atom. The molecule has 2 heterocycles. The van der Waals surface area contributed by atoms with Gasteiger partial charge in [-0.05, 0) is 79.5 Å². The van der Waals surface area contributed by atoms with Crippen LogP contribution in [0, 0.1) is 0 Å². The second-order valence-electron chi connectivity index (χ2n) is 15.5. The number of hydrogen-bond acceptors (Lipinski definition) is 20. The summed E-state index contributed by atoms with van der Waals surface area (Å²) in [4.78, 5) is 112. The zero-order valence-electron chi connectivity index (χ0n) is 39.1. The maximum atomic E-state index is 13.2. The molecule has 0 saturated carbocycles. The fourth-order valence-electron chi connectivity index (χ4n) is 6.36. The number of nitrogen functional groups attached to an aromatic ring is 2. The Kier molecular flexibility index (Phi) is 23.1. The molecule has 71 heavy (non-hydrogen) atoms. The molecule has 3 aromatic carbocycles. The Morgan fingerprint density at radius 3 is 2.21 bits per heavy atom. The number of ether oxygens (including phenoxy) is 2. The van der Waals surface area contributed by atoms with Crippen LogP contribution in [0.1, 0.15) is 63.2 Å². The number of carbonyl (C=O) groups is 4. The Morgan fingerprint density at radius 1 is 0.915 bits per heavy atom. The third-order valence-electron chi connectivity index (χ3n) is 10.2. The Labute approximate surface area is 450 Å². The van der Waals surface area contributed by atoms with Gasteiger partial charge in [-0.15, -0.1) is 0 Å². The molecule has 0 bridgehead atoms. The largest absolute Gasteiger partial charge is 1.00 e. The minimum atomic E-state index is -5.85. The van der Waals surface area contributed by atoms with Crippen LogP contribution in [0.5, 0.6) is 5.75 Å². The van der Waals surface area contributed by atoms with Gasteiger partial charge in [0.05, 0.1) is 31.3 Å². The standard InChI is InChI=1S/C42H51N11O14P2.2Na/c1-52(19-17-42(59,68(60,61)62)69(63,64)65)18-4-20-66-32-6-3-5-27(21-32)22-46-51-39(57)29-9-7-26(8-10-29)25-67-40(58)33(15-16-34(54)55)48-38(56)28-11-13-31(14-12-28)53(2)24-30-23-45-37-35(47-30)36(43)49-41(44)50-37;;/h3,5-14,21-23,33,59H,4,15-20,24-25H2,1-2H3,(H,48,56)(H,51,57)(H,54,55)(H2,60,61,62)(H2,63,64,65)(H4,43,44,45,49,50);;/q;2*+1/p-2/b46-22+;;. The first-order chi connectivity index (χ1) is 32.5. The monoisotopic (exact) mass is 1040 g/mol. The first kappa shape index (κ1) is 60.4. The molecule has 2 aromatic heterocycles. The van der Waals surface area contributed by atoms with Crippen molar-refractivity contribution in [3.05, 3.63) is 107 Å². The minimum Gasteiger partial charge on any atom is -0.776 e. The second-order valence-corrected chi connectivity index (χ2v) is 19.4. The van der Waals surface area contributed by atoms with E-state index in [1.165, 1.54) is 36.5 Å². The molecule has 0 fully saturated rings. The molecule has 368 valence electrons. The predicted molar refractivity (Wildman–Crippen MR) is 245 cm³/mol. The molecule has 5 rings (SSSR count). The van der Waals surface area contributed by atoms with E-state index in [1.54, 1.807) is 67.7 Å². The molecule has 0 aliphatic rings. The molecular weight excluding hydrogens is 990 g/mol. The van der Waals surface area contributed by atoms with Crippen LogP contribution in [0.4, 0.5) is 17.5 Å². The van der Waals surface area contributed by atoms with E-state index in [-0.39, 0.29) is 120 Å². The zero-order valence-corrected chi connectivity index (χ0v) is 44.9. The first-order valence-corrected chi connectivity index (χ1v) is 23.9. The number of anilines is 3. The number of nitrogens with zero attached hydrogens (tertiary/aromatic N) is 7. The number of hydrogen-bond donors (Lipinski definition) is 8. The molecular formula is C42H49N11Na2O14P2. The van der Waals surface area contributed by atoms with Gasteiger partial charge in [0.25, 0.3) is 11.8 Å². The van der Waals surface area contributed by atoms with Crippen LogP contribution < -0.4 is 101 Å². The van der Waals surface area contributed by atoms with Gasteiger partial charge in [0, 0.05) is 49.8 Å². The number of carboxylic acid groups (broad SMARTS) is 1. The molecule has 25 nitrogen and oxygen atoms in total. The molecule has 5 aromatic rings. The van der Waals surface area contributed by atoms with Crippen molar-refractivity contribution in [1.82, 2.24) is 35.6 Å². The zero-order chi connectivity index (χ0) is 50.5. The number of aliphatic hydroxyl groups is 1. The number of esters is 1. The smallest absolute Gasteiger partial charge is 0.776 e. The summed E-state index contributed by atoms with van der Waals surface area (Å²) in [5.41, 5.74) is 17.3. The molecule has 0 saturated heterocycles. The number of nitrogens with one attached hydrogen (secondary N) is 2. The van der Waals surface area contributed by atoms with Gasteiger partial charge in [-0.1, -0.05) is 24.3 Å². The van der Waals surface area contributed by atoms with Crippen molar-refractivity contribution in [2.75, 3.05) is 50.2 Å². The minimum absolute atomic E-state index is 0. The third kappa shape index (κ3) is 17.6. The first-order valence-electron chi connectivity index (χ1n) is 20.7. The van der Waals surface area contributed by atoms with Gasteiger partial charge >= 0.3 is 71.1 Å². The van der Waals surface area contributed by atoms with Crippen molar-refractivity contribution in [2.45, 2.75) is 50.0 Å². The number of rotatable bonds is 24. The Bertz CT molecular complexity index is 2750. The molecule has 29 heteroatoms. The number of hydrazone groups is 1. The number of carboxylic acids is 1. The van der Waals surface area contributed by atoms with Gasteiger partial charge in [0.2, 0.25) is 5.95 Å². The number of amides is 2. The summed E-state index contributed by atoms with van der Waals surface area (Å²) < 4.78 is 34.0. The number of aliphatic carboxylic acids is 1. The topological polar surface area (TPSA) is 394 Å². The van der Waals surface area contributed by atoms with Gasteiger partial charge in [-0.25, -0.2) is 20.2 Å². The van der Waals surface area contributed by atoms with E-state index in [9.17, 15) is 48.3 Å². The summed E-state index contributed by atoms with van der Waals surface area (Å²) in [6, 6.07) is 17.9. The molecule has 0 aliphatic heterocycles. The fraction of sp³-hybridized carbons (Fsp3) is 0.310. The van der Waals surface area contributed by atoms with E-state index in [0.29, 0.717) is 46.7 Å². The van der Waals surface area contributed by atoms with Crippen LogP contribution in [-0.2, 0) is 36.6 Å². The quantitative estimate of drug-likeness (QED) is 0.00714. The van der Waals surface area contributed by atoms with Crippen molar-refractivity contribution < 1.29 is 127 Å². The second kappa shape index (κ2) is 27.2. The van der Waals surface area contributed by atoms with Crippen molar-refractivity contribution >= 4 is 73.8 Å². The fourth-order valence-corrected chi connectivity index (χ4v) is 8.40. The SMILES string of the molecule is CN(CCCOc1cccc(/C=N/NC(=O)c2ccc(COC(=O)C(CCC(=O)O)NC(=O)c3ccc(N(C)Cc4cnc5nc(N)nc(N)c5n4)cc3)cc2)c1)CCC(O)(P(=O)([O-])O)P(=O)([O-])O.[Na+].[Na+]. The van der Waals surface area contributed by atoms with Crippen molar-refractivity contribution in [2.24, 2.45) is 5.10 Å². The van der Waals surface area contributed by atoms with Crippen LogP contribution in [0.2, 0.25) is 0 Å². The third-order valence-corrected chi connectivity index (χ3v) is 14.0. The summed E-state index contributed by atoms with van der Waals surface area (Å²) >= 11 is 0. The van der Waals surface area contributed by atoms with Crippen LogP contribution in [0.3, 0.4) is 0 Å². The van der Waals surface area contributed by atoms with Crippen LogP contribution in [-0.4, -0.2) is 120 Å². The average Bonchev–Trinajstić information content (AvgIpc) is 3.29. The maximum Gasteiger partial charge on any atom is 1.00 e. The van der Waals surface area contributed by atoms with Crippen LogP contribution in [0.25, 0.3) is 11.2 Å². The number of nitrogens with two attached hydrogens (primary N) is 2. The number of benzene rings is 3. The van der Waals surface area contributed by atoms with E-state index in [1.807, 2.05) is 4.90 Å². The predicted octanol–water partition coefficient (Wildman–Crippen LogP) is -5.47. The molecule has 3 atom stereocenters. The molecule has 0 radical (unpaired) electrons. The maximum absolute atomic E-state index is 13.2. The van der Waals surface area contributed by atoms with E-state index in [0.717, 1.165) is 0 Å². The van der Waals surface area contributed by atoms with Gasteiger partial charge in [-0.2, -0.15) is 15.1 Å². The molecule has 10 N–H and O–H groups in total. The van der Waals surface area contributed by atoms with Gasteiger partial charge in [0.1, 0.15) is 18.4 Å². The van der Waals surface area contributed by atoms with Crippen LogP contribution in [0.15, 0.2) is 84.1 Å². The van der Waals surface area contributed by atoms with Crippen molar-refractivity contribution in [1.29, 1.82) is 0 Å². The van der Waals surface area contributed by atoms with Crippen LogP contribution >= 0.6 is 15.2 Å². The summed E-state index contributed by atoms with van der Waals surface area (Å²) in [7, 11) is -8.40. The Balaban J connectivity index is 0.00000666. The van der Waals surface area contributed by atoms with Crippen molar-refractivity contribution in [3.63, 3.8) is 0 Å². The summed E-state index contributed by atoms with van der Waals surface area (Å²) in [5, 5.41) is 22.1. The summed E-state index contributed by atoms with van der Waals surface area (Å²) in [6.07, 6.45) is 1.64. The van der Waals surface area contributed by atoms with Gasteiger partial charge in [0.15, 0.2) is 37.3 Å². The number of aromatic nitrogens is 4. The molecule has 3 unspecified atom stereocenters. The van der Waals surface area contributed by atoms with E-state index < -0.39 is 62.9 Å². The molecule has 2 amide bonds. The average molecular weight is 1040 g/mol. The van der Waals surface area contributed by atoms with Crippen molar-refractivity contribution in [3.8, 4) is 5.75 Å². The van der Waals surface area contributed by atoms with Gasteiger partial charge < -0.3 is 75.0 Å². The number of fused-ring (bicyclic) bond motifs is 1. The van der Waals surface area contributed by atoms with E-state index >= 15 is 0 Å². The molecule has 0 spiro atoms. The normalized spacial score (nSPS) is 14.1. The van der Waals surface area contributed by atoms with E-state index in [4.69, 9.17) is 30.7 Å². The summed E-state index contributed by atoms with van der Waals surface area (Å²) in [6.45, 7) is 0.208. The molecule has 0 aliphatic carbocycles.